The van der Waals surface area contributed by atoms with Gasteiger partial charge in [-0.25, -0.2) is 0 Å². The predicted molar refractivity (Wildman–Crippen MR) is 139 cm³/mol. The summed E-state index contributed by atoms with van der Waals surface area (Å²) >= 11 is 0. The number of benzene rings is 3. The van der Waals surface area contributed by atoms with Crippen LogP contribution < -0.4 is 14.5 Å². The Bertz CT molecular complexity index is 1460. The van der Waals surface area contributed by atoms with Gasteiger partial charge in [0.15, 0.2) is 0 Å². The van der Waals surface area contributed by atoms with Crippen LogP contribution in [0.2, 0.25) is 0 Å². The van der Waals surface area contributed by atoms with Gasteiger partial charge >= 0.3 is 5.97 Å². The van der Waals surface area contributed by atoms with Crippen molar-refractivity contribution in [2.75, 3.05) is 16.3 Å². The molecule has 0 N–H and O–H groups in total. The Labute approximate surface area is 214 Å². The van der Waals surface area contributed by atoms with Crippen LogP contribution in [0.15, 0.2) is 78.9 Å². The Balaban J connectivity index is 1.15. The number of fused-ring (bicyclic) bond motifs is 2. The van der Waals surface area contributed by atoms with Gasteiger partial charge in [0.05, 0.1) is 29.1 Å². The maximum absolute atomic E-state index is 13.0. The van der Waals surface area contributed by atoms with E-state index >= 15 is 0 Å². The number of imide groups is 1. The average molecular weight is 495 g/mol. The number of hydrogen-bond donors (Lipinski definition) is 0. The molecule has 37 heavy (non-hydrogen) atoms. The highest BCUT2D eigenvalue weighted by atomic mass is 16.5. The van der Waals surface area contributed by atoms with Crippen molar-refractivity contribution in [1.29, 1.82) is 0 Å². The molecule has 7 heteroatoms. The normalized spacial score (nSPS) is 25.2. The summed E-state index contributed by atoms with van der Waals surface area (Å²) in [5.41, 5.74) is 1.25. The van der Waals surface area contributed by atoms with Crippen LogP contribution in [0.5, 0.6) is 5.75 Å². The number of nitrogens with zero attached hydrogens (tertiary/aromatic N) is 2. The summed E-state index contributed by atoms with van der Waals surface area (Å²) in [5.74, 6) is -1.91. The summed E-state index contributed by atoms with van der Waals surface area (Å²) in [7, 11) is 0. The summed E-state index contributed by atoms with van der Waals surface area (Å²) in [6, 6.07) is 20.0. The molecule has 2 aliphatic heterocycles. The van der Waals surface area contributed by atoms with Gasteiger partial charge in [0.1, 0.15) is 5.75 Å². The quantitative estimate of drug-likeness (QED) is 0.231. The third-order valence-corrected chi connectivity index (χ3v) is 7.70. The first-order valence-corrected chi connectivity index (χ1v) is 12.6. The third kappa shape index (κ3) is 3.91. The van der Waals surface area contributed by atoms with E-state index in [4.69, 9.17) is 4.74 Å². The second kappa shape index (κ2) is 9.00. The van der Waals surface area contributed by atoms with Gasteiger partial charge in [0.2, 0.25) is 17.7 Å². The molecule has 4 atom stereocenters. The van der Waals surface area contributed by atoms with Gasteiger partial charge in [-0.15, -0.1) is 0 Å². The maximum atomic E-state index is 13.0. The summed E-state index contributed by atoms with van der Waals surface area (Å²) in [6.07, 6.45) is 4.61. The summed E-state index contributed by atoms with van der Waals surface area (Å²) < 4.78 is 5.59. The SMILES string of the molecule is C[C@@H]1C=CC[C@@H]2C(=O)N(c3ccc(OC(=O)[C@@H]4CC(=O)N(c5cccc6ccccc56)C4)cc3)C(=O)[C@@H]12. The number of carbonyl (C=O) groups is 4. The van der Waals surface area contributed by atoms with Gasteiger partial charge in [0, 0.05) is 18.4 Å². The van der Waals surface area contributed by atoms with Crippen LogP contribution in [0.4, 0.5) is 11.4 Å². The van der Waals surface area contributed by atoms with Crippen LogP contribution in [-0.2, 0) is 19.2 Å². The van der Waals surface area contributed by atoms with Gasteiger partial charge in [-0.3, -0.25) is 24.1 Å². The van der Waals surface area contributed by atoms with Crippen LogP contribution in [0.1, 0.15) is 19.8 Å². The van der Waals surface area contributed by atoms with Gasteiger partial charge < -0.3 is 9.64 Å². The Morgan fingerprint density at radius 2 is 1.68 bits per heavy atom. The van der Waals surface area contributed by atoms with Crippen LogP contribution in [0.3, 0.4) is 0 Å². The number of amides is 3. The molecular formula is C30H26N2O5. The van der Waals surface area contributed by atoms with E-state index in [1.54, 1.807) is 29.2 Å². The zero-order valence-corrected chi connectivity index (χ0v) is 20.4. The molecule has 0 spiro atoms. The van der Waals surface area contributed by atoms with Crippen molar-refractivity contribution >= 4 is 45.8 Å². The van der Waals surface area contributed by atoms with E-state index in [1.165, 1.54) is 4.90 Å². The lowest BCUT2D eigenvalue weighted by molar-refractivity contribution is -0.139. The average Bonchev–Trinajstić information content (AvgIpc) is 3.42. The molecule has 3 aliphatic rings. The zero-order valence-electron chi connectivity index (χ0n) is 20.4. The molecule has 0 unspecified atom stereocenters. The van der Waals surface area contributed by atoms with Gasteiger partial charge in [-0.05, 0) is 48.1 Å². The molecule has 2 fully saturated rings. The number of carbonyl (C=O) groups excluding carboxylic acids is 4. The third-order valence-electron chi connectivity index (χ3n) is 7.70. The second-order valence-corrected chi connectivity index (χ2v) is 9.99. The van der Waals surface area contributed by atoms with Crippen molar-refractivity contribution in [2.45, 2.75) is 19.8 Å². The van der Waals surface area contributed by atoms with E-state index < -0.39 is 11.9 Å². The van der Waals surface area contributed by atoms with Crippen LogP contribution in [0, 0.1) is 23.7 Å². The summed E-state index contributed by atoms with van der Waals surface area (Å²) in [5, 5.41) is 1.98. The lowest BCUT2D eigenvalue weighted by Crippen LogP contribution is -2.31. The molecule has 0 aromatic heterocycles. The topological polar surface area (TPSA) is 84.0 Å². The largest absolute Gasteiger partial charge is 0.426 e. The first-order chi connectivity index (χ1) is 17.9. The molecule has 3 amide bonds. The van der Waals surface area contributed by atoms with Gasteiger partial charge in [0.25, 0.3) is 0 Å². The molecule has 3 aromatic rings. The Morgan fingerprint density at radius 3 is 2.46 bits per heavy atom. The smallest absolute Gasteiger partial charge is 0.316 e. The Hall–Kier alpha value is -4.26. The minimum absolute atomic E-state index is 0.0167. The number of rotatable bonds is 4. The molecule has 1 aliphatic carbocycles. The maximum Gasteiger partial charge on any atom is 0.316 e. The minimum atomic E-state index is -0.593. The molecule has 6 rings (SSSR count). The number of allylic oxidation sites excluding steroid dienone is 2. The van der Waals surface area contributed by atoms with Crippen LogP contribution in [0.25, 0.3) is 10.8 Å². The molecule has 186 valence electrons. The molecule has 2 heterocycles. The fourth-order valence-corrected chi connectivity index (χ4v) is 5.81. The predicted octanol–water partition coefficient (Wildman–Crippen LogP) is 4.50. The number of esters is 1. The van der Waals surface area contributed by atoms with Crippen molar-refractivity contribution < 1.29 is 23.9 Å². The molecule has 7 nitrogen and oxygen atoms in total. The first-order valence-electron chi connectivity index (χ1n) is 12.6. The zero-order chi connectivity index (χ0) is 25.7. The van der Waals surface area contributed by atoms with Crippen molar-refractivity contribution in [1.82, 2.24) is 0 Å². The Morgan fingerprint density at radius 1 is 0.919 bits per heavy atom. The van der Waals surface area contributed by atoms with E-state index in [1.807, 2.05) is 61.5 Å². The van der Waals surface area contributed by atoms with Crippen LogP contribution in [-0.4, -0.2) is 30.2 Å². The highest BCUT2D eigenvalue weighted by molar-refractivity contribution is 6.22. The van der Waals surface area contributed by atoms with E-state index in [0.717, 1.165) is 16.5 Å². The Kier molecular flexibility index (Phi) is 5.63. The number of anilines is 2. The highest BCUT2D eigenvalue weighted by Gasteiger charge is 2.50. The van der Waals surface area contributed by atoms with Gasteiger partial charge in [-0.1, -0.05) is 55.5 Å². The fourth-order valence-electron chi connectivity index (χ4n) is 5.81. The fraction of sp³-hybridized carbons (Fsp3) is 0.267. The first kappa shape index (κ1) is 23.2. The van der Waals surface area contributed by atoms with Crippen molar-refractivity contribution in [3.63, 3.8) is 0 Å². The highest BCUT2D eigenvalue weighted by Crippen LogP contribution is 2.40. The lowest BCUT2D eigenvalue weighted by atomic mass is 9.78. The minimum Gasteiger partial charge on any atom is -0.426 e. The van der Waals surface area contributed by atoms with Crippen molar-refractivity contribution in [3.8, 4) is 5.75 Å². The lowest BCUT2D eigenvalue weighted by Gasteiger charge is -2.22. The molecular weight excluding hydrogens is 468 g/mol. The monoisotopic (exact) mass is 494 g/mol. The standard InChI is InChI=1S/C30H26N2O5/c1-18-6-4-10-24-27(18)29(35)32(28(24)34)21-12-14-22(15-13-21)37-30(36)20-16-26(33)31(17-20)25-11-5-8-19-7-2-3-9-23(19)25/h2-9,11-15,18,20,24,27H,10,16-17H2,1H3/t18-,20-,24+,27+/m1/s1. The summed E-state index contributed by atoms with van der Waals surface area (Å²) in [6.45, 7) is 2.20. The molecule has 2 saturated heterocycles. The molecule has 3 aromatic carbocycles. The molecule has 0 bridgehead atoms. The van der Waals surface area contributed by atoms with E-state index in [2.05, 4.69) is 0 Å². The summed E-state index contributed by atoms with van der Waals surface area (Å²) in [4.78, 5) is 54.6. The van der Waals surface area contributed by atoms with Crippen LogP contribution >= 0.6 is 0 Å². The second-order valence-electron chi connectivity index (χ2n) is 9.99. The van der Waals surface area contributed by atoms with Crippen molar-refractivity contribution in [3.05, 3.63) is 78.9 Å². The molecule has 0 radical (unpaired) electrons. The van der Waals surface area contributed by atoms with E-state index in [-0.39, 0.29) is 48.4 Å². The number of hydrogen-bond acceptors (Lipinski definition) is 5. The van der Waals surface area contributed by atoms with Crippen molar-refractivity contribution in [2.24, 2.45) is 23.7 Å². The van der Waals surface area contributed by atoms with E-state index in [9.17, 15) is 19.2 Å². The van der Waals surface area contributed by atoms with Gasteiger partial charge in [-0.2, -0.15) is 0 Å². The van der Waals surface area contributed by atoms with E-state index in [0.29, 0.717) is 17.9 Å². The molecule has 0 saturated carbocycles. The number of ether oxygens (including phenoxy) is 1.